The molecule has 1 aromatic heterocycles. The number of nitrogens with one attached hydrogen (secondary N) is 4. The summed E-state index contributed by atoms with van der Waals surface area (Å²) in [6.45, 7) is 0.161. The van der Waals surface area contributed by atoms with E-state index in [0.717, 1.165) is 11.1 Å². The molecule has 0 aliphatic carbocycles. The van der Waals surface area contributed by atoms with Crippen LogP contribution in [0.1, 0.15) is 21.7 Å². The number of amides is 2. The summed E-state index contributed by atoms with van der Waals surface area (Å²) in [6.07, 6.45) is 1.49. The lowest BCUT2D eigenvalue weighted by Crippen LogP contribution is -2.34. The Morgan fingerprint density at radius 1 is 0.791 bits per heavy atom. The molecule has 0 saturated carbocycles. The Balaban J connectivity index is 1.29. The number of hydrogen-bond donors (Lipinski definition) is 4. The Hall–Kier alpha value is -5.54. The molecule has 0 aliphatic heterocycles. The van der Waals surface area contributed by atoms with Crippen LogP contribution in [0.15, 0.2) is 131 Å². The van der Waals surface area contributed by atoms with E-state index in [4.69, 9.17) is 16.6 Å². The zero-order chi connectivity index (χ0) is 30.0. The first kappa shape index (κ1) is 29.0. The lowest BCUT2D eigenvalue weighted by Gasteiger charge is -2.13. The molecule has 7 nitrogen and oxygen atoms in total. The van der Waals surface area contributed by atoms with E-state index >= 15 is 0 Å². The van der Waals surface area contributed by atoms with Crippen molar-refractivity contribution in [2.24, 2.45) is 0 Å². The van der Waals surface area contributed by atoms with Gasteiger partial charge in [-0.1, -0.05) is 72.8 Å². The molecule has 0 fully saturated rings. The predicted octanol–water partition coefficient (Wildman–Crippen LogP) is 6.98. The molecule has 0 spiro atoms. The largest absolute Gasteiger partial charge is 0.457 e. The van der Waals surface area contributed by atoms with Crippen molar-refractivity contribution in [2.45, 2.75) is 6.54 Å². The Bertz CT molecular complexity index is 1770. The van der Waals surface area contributed by atoms with Gasteiger partial charge >= 0.3 is 0 Å². The summed E-state index contributed by atoms with van der Waals surface area (Å²) in [5.74, 6) is -0.319. The van der Waals surface area contributed by atoms with E-state index in [1.54, 1.807) is 78.9 Å². The third-order valence-corrected chi connectivity index (χ3v) is 6.46. The molecule has 43 heavy (non-hydrogen) atoms. The fraction of sp³-hybridized carbons (Fsp3) is 0.0294. The average molecular weight is 591 g/mol. The third-order valence-electron chi connectivity index (χ3n) is 6.26. The van der Waals surface area contributed by atoms with E-state index in [1.165, 1.54) is 12.1 Å². The van der Waals surface area contributed by atoms with E-state index in [-0.39, 0.29) is 23.0 Å². The highest BCUT2D eigenvalue weighted by atomic mass is 32.1. The van der Waals surface area contributed by atoms with Gasteiger partial charge in [-0.25, -0.2) is 4.39 Å². The molecule has 4 aromatic carbocycles. The van der Waals surface area contributed by atoms with Crippen molar-refractivity contribution < 1.29 is 18.4 Å². The number of benzene rings is 4. The summed E-state index contributed by atoms with van der Waals surface area (Å²) in [5, 5.41) is 11.6. The van der Waals surface area contributed by atoms with Crippen LogP contribution < -0.4 is 21.3 Å². The van der Waals surface area contributed by atoms with Crippen molar-refractivity contribution in [1.82, 2.24) is 10.6 Å². The Morgan fingerprint density at radius 2 is 1.51 bits per heavy atom. The highest BCUT2D eigenvalue weighted by Crippen LogP contribution is 2.23. The summed E-state index contributed by atoms with van der Waals surface area (Å²) in [7, 11) is 0. The van der Waals surface area contributed by atoms with E-state index in [2.05, 4.69) is 21.3 Å². The van der Waals surface area contributed by atoms with E-state index in [1.807, 2.05) is 36.4 Å². The predicted molar refractivity (Wildman–Crippen MR) is 171 cm³/mol. The first-order valence-corrected chi connectivity index (χ1v) is 13.8. The maximum Gasteiger partial charge on any atom is 0.268 e. The second-order valence-corrected chi connectivity index (χ2v) is 9.80. The summed E-state index contributed by atoms with van der Waals surface area (Å²) in [5.41, 5.74) is 2.99. The van der Waals surface area contributed by atoms with Crippen molar-refractivity contribution in [3.8, 4) is 11.3 Å². The molecule has 2 amide bonds. The zero-order valence-corrected chi connectivity index (χ0v) is 23.7. The molecule has 0 saturated heterocycles. The van der Waals surface area contributed by atoms with Crippen LogP contribution >= 0.6 is 12.2 Å². The van der Waals surface area contributed by atoms with Gasteiger partial charge in [0.25, 0.3) is 11.8 Å². The average Bonchev–Trinajstić information content (AvgIpc) is 3.50. The SMILES string of the molecule is O=C(NCc1cccc(NC(=S)Nc2ccccc2F)c1)C(=Cc1ccc(-c2ccccc2)o1)NC(=O)c1ccccc1. The number of rotatable bonds is 9. The quantitative estimate of drug-likeness (QED) is 0.109. The fourth-order valence-electron chi connectivity index (χ4n) is 4.16. The summed E-state index contributed by atoms with van der Waals surface area (Å²) in [4.78, 5) is 26.3. The zero-order valence-electron chi connectivity index (χ0n) is 22.8. The third kappa shape index (κ3) is 8.02. The molecular formula is C34H27FN4O3S. The van der Waals surface area contributed by atoms with Gasteiger partial charge in [-0.3, -0.25) is 9.59 Å². The van der Waals surface area contributed by atoms with Crippen LogP contribution in [-0.4, -0.2) is 16.9 Å². The number of hydrogen-bond acceptors (Lipinski definition) is 4. The van der Waals surface area contributed by atoms with Crippen LogP contribution in [0.3, 0.4) is 0 Å². The highest BCUT2D eigenvalue weighted by molar-refractivity contribution is 7.80. The van der Waals surface area contributed by atoms with Crippen LogP contribution in [0.4, 0.5) is 15.8 Å². The van der Waals surface area contributed by atoms with Crippen molar-refractivity contribution in [3.05, 3.63) is 150 Å². The van der Waals surface area contributed by atoms with Gasteiger partial charge in [-0.05, 0) is 66.3 Å². The summed E-state index contributed by atoms with van der Waals surface area (Å²) < 4.78 is 19.9. The molecule has 9 heteroatoms. The smallest absolute Gasteiger partial charge is 0.268 e. The standard InChI is InChI=1S/C34H27FN4O3S/c35-28-16-7-8-17-29(28)39-34(43)37-26-15-9-10-23(20-26)22-36-33(41)30(38-32(40)25-13-5-2-6-14-25)21-27-18-19-31(42-27)24-11-3-1-4-12-24/h1-21H,22H2,(H,36,41)(H,38,40)(H2,37,39,43). The molecule has 4 N–H and O–H groups in total. The van der Waals surface area contributed by atoms with Gasteiger partial charge in [-0.15, -0.1) is 0 Å². The monoisotopic (exact) mass is 590 g/mol. The van der Waals surface area contributed by atoms with E-state index in [9.17, 15) is 14.0 Å². The minimum absolute atomic E-state index is 0.0207. The first-order chi connectivity index (χ1) is 20.9. The Labute approximate surface area is 253 Å². The lowest BCUT2D eigenvalue weighted by atomic mass is 10.2. The molecular weight excluding hydrogens is 563 g/mol. The van der Waals surface area contributed by atoms with Crippen molar-refractivity contribution in [1.29, 1.82) is 0 Å². The van der Waals surface area contributed by atoms with Crippen LogP contribution in [0.2, 0.25) is 0 Å². The van der Waals surface area contributed by atoms with Crippen LogP contribution in [-0.2, 0) is 11.3 Å². The lowest BCUT2D eigenvalue weighted by molar-refractivity contribution is -0.117. The number of halogens is 1. The molecule has 0 aliphatic rings. The van der Waals surface area contributed by atoms with E-state index < -0.39 is 17.6 Å². The van der Waals surface area contributed by atoms with Crippen LogP contribution in [0.25, 0.3) is 17.4 Å². The Morgan fingerprint density at radius 3 is 2.28 bits per heavy atom. The summed E-state index contributed by atoms with van der Waals surface area (Å²) >= 11 is 5.32. The van der Waals surface area contributed by atoms with Gasteiger partial charge in [0.15, 0.2) is 5.11 Å². The fourth-order valence-corrected chi connectivity index (χ4v) is 4.38. The highest BCUT2D eigenvalue weighted by Gasteiger charge is 2.16. The molecule has 0 radical (unpaired) electrons. The first-order valence-electron chi connectivity index (χ1n) is 13.4. The number of anilines is 2. The molecule has 0 atom stereocenters. The van der Waals surface area contributed by atoms with Crippen LogP contribution in [0.5, 0.6) is 0 Å². The molecule has 0 unspecified atom stereocenters. The van der Waals surface area contributed by atoms with Crippen LogP contribution in [0, 0.1) is 5.82 Å². The van der Waals surface area contributed by atoms with Gasteiger partial charge in [-0.2, -0.15) is 0 Å². The summed E-state index contributed by atoms with van der Waals surface area (Å²) in [6, 6.07) is 35.2. The maximum atomic E-state index is 14.0. The van der Waals surface area contributed by atoms with Gasteiger partial charge in [0.05, 0.1) is 5.69 Å². The molecule has 0 bridgehead atoms. The van der Waals surface area contributed by atoms with Crippen molar-refractivity contribution in [3.63, 3.8) is 0 Å². The Kier molecular flexibility index (Phi) is 9.35. The van der Waals surface area contributed by atoms with Crippen molar-refractivity contribution in [2.75, 3.05) is 10.6 Å². The maximum absolute atomic E-state index is 14.0. The molecule has 5 rings (SSSR count). The number of para-hydroxylation sites is 1. The van der Waals surface area contributed by atoms with E-state index in [0.29, 0.717) is 22.8 Å². The van der Waals surface area contributed by atoms with Gasteiger partial charge in [0.1, 0.15) is 23.0 Å². The van der Waals surface area contributed by atoms with Crippen molar-refractivity contribution >= 4 is 46.6 Å². The number of thiocarbonyl (C=S) groups is 1. The van der Waals surface area contributed by atoms with Gasteiger partial charge < -0.3 is 25.7 Å². The second-order valence-electron chi connectivity index (χ2n) is 9.39. The molecule has 214 valence electrons. The normalized spacial score (nSPS) is 11.0. The number of furan rings is 1. The van der Waals surface area contributed by atoms with Gasteiger partial charge in [0.2, 0.25) is 0 Å². The second kappa shape index (κ2) is 13.9. The molecule has 1 heterocycles. The van der Waals surface area contributed by atoms with Gasteiger partial charge in [0, 0.05) is 29.4 Å². The topological polar surface area (TPSA) is 95.4 Å². The minimum Gasteiger partial charge on any atom is -0.457 e. The number of carbonyl (C=O) groups excluding carboxylic acids is 2. The minimum atomic E-state index is -0.503. The molecule has 5 aromatic rings. The number of carbonyl (C=O) groups is 2.